The highest BCUT2D eigenvalue weighted by molar-refractivity contribution is 8.02. The molecular weight excluding hydrogens is 192 g/mol. The summed E-state index contributed by atoms with van der Waals surface area (Å²) < 4.78 is 1.60. The van der Waals surface area contributed by atoms with E-state index in [1.54, 1.807) is 16.4 Å². The first kappa shape index (κ1) is 13.3. The number of thioether (sulfide) groups is 1. The zero-order valence-electron chi connectivity index (χ0n) is 9.58. The van der Waals surface area contributed by atoms with Crippen LogP contribution in [0, 0.1) is 0 Å². The van der Waals surface area contributed by atoms with E-state index in [1.807, 2.05) is 20.9 Å². The lowest BCUT2D eigenvalue weighted by Gasteiger charge is -2.22. The Kier molecular flexibility index (Phi) is 7.30. The number of rotatable bonds is 3. The minimum absolute atomic E-state index is 1.06. The maximum Gasteiger partial charge on any atom is 0.127 e. The summed E-state index contributed by atoms with van der Waals surface area (Å²) in [5.74, 6) is 0. The van der Waals surface area contributed by atoms with Gasteiger partial charge in [0, 0.05) is 0 Å². The second kappa shape index (κ2) is 7.68. The zero-order chi connectivity index (χ0) is 11.0. The molecule has 0 N–H and O–H groups in total. The van der Waals surface area contributed by atoms with Gasteiger partial charge in [-0.2, -0.15) is 0 Å². The van der Waals surface area contributed by atoms with Crippen LogP contribution in [0.4, 0.5) is 0 Å². The summed E-state index contributed by atoms with van der Waals surface area (Å²) in [6.45, 7) is 7.69. The van der Waals surface area contributed by atoms with Crippen LogP contribution in [-0.2, 0) is 0 Å². The maximum absolute atomic E-state index is 4.28. The number of nitrogens with zero attached hydrogens (tertiary/aromatic N) is 2. The van der Waals surface area contributed by atoms with Gasteiger partial charge in [-0.05, 0) is 24.0 Å². The van der Waals surface area contributed by atoms with E-state index in [1.165, 1.54) is 4.91 Å². The summed E-state index contributed by atoms with van der Waals surface area (Å²) in [7, 11) is 1.84. The fraction of sp³-hybridized carbons (Fsp3) is 0.545. The molecule has 0 amide bonds. The fourth-order valence-corrected chi connectivity index (χ4v) is 1.72. The van der Waals surface area contributed by atoms with Crippen molar-refractivity contribution < 1.29 is 4.68 Å². The largest absolute Gasteiger partial charge is 0.411 e. The topological polar surface area (TPSA) is 17.1 Å². The fourth-order valence-electron chi connectivity index (χ4n) is 1.10. The molecule has 0 spiro atoms. The number of allylic oxidation sites excluding steroid dienone is 2. The lowest BCUT2D eigenvalue weighted by Crippen LogP contribution is -1.99. The molecule has 1 rings (SSSR count). The lowest BCUT2D eigenvalue weighted by atomic mass is 10.1. The van der Waals surface area contributed by atoms with Crippen molar-refractivity contribution >= 4 is 18.5 Å². The van der Waals surface area contributed by atoms with Crippen LogP contribution < -0.4 is 0 Å². The van der Waals surface area contributed by atoms with Gasteiger partial charge in [0.15, 0.2) is 0 Å². The van der Waals surface area contributed by atoms with Gasteiger partial charge < -0.3 is 5.43 Å². The van der Waals surface area contributed by atoms with E-state index in [-0.39, 0.29) is 0 Å². The normalized spacial score (nSPS) is 14.6. The minimum atomic E-state index is 1.06. The van der Waals surface area contributed by atoms with Gasteiger partial charge in [0.2, 0.25) is 0 Å². The Morgan fingerprint density at radius 1 is 1.36 bits per heavy atom. The Morgan fingerprint density at radius 3 is 2.43 bits per heavy atom. The average Bonchev–Trinajstić information content (AvgIpc) is 2.21. The van der Waals surface area contributed by atoms with Crippen molar-refractivity contribution in [3.8, 4) is 0 Å². The molecule has 1 aliphatic rings. The summed E-state index contributed by atoms with van der Waals surface area (Å²) in [6, 6.07) is 0. The van der Waals surface area contributed by atoms with Crippen LogP contribution in [0.25, 0.3) is 5.43 Å². The lowest BCUT2D eigenvalue weighted by molar-refractivity contribution is -0.430. The van der Waals surface area contributed by atoms with E-state index < -0.39 is 0 Å². The number of hydrogen-bond donors (Lipinski definition) is 0. The molecule has 80 valence electrons. The molecule has 0 saturated heterocycles. The first-order valence-electron chi connectivity index (χ1n) is 4.94. The summed E-state index contributed by atoms with van der Waals surface area (Å²) in [5, 5.41) is 0. The Labute approximate surface area is 91.8 Å². The van der Waals surface area contributed by atoms with Gasteiger partial charge in [-0.15, -0.1) is 11.8 Å². The van der Waals surface area contributed by atoms with Crippen LogP contribution in [-0.4, -0.2) is 24.7 Å². The summed E-state index contributed by atoms with van der Waals surface area (Å²) in [6.07, 6.45) is 8.69. The highest BCUT2D eigenvalue weighted by Gasteiger charge is 2.01. The van der Waals surface area contributed by atoms with Crippen molar-refractivity contribution in [2.24, 2.45) is 0 Å². The Bertz CT molecular complexity index is 242. The van der Waals surface area contributed by atoms with Gasteiger partial charge in [0.25, 0.3) is 0 Å². The van der Waals surface area contributed by atoms with Gasteiger partial charge >= 0.3 is 0 Å². The Hall–Kier alpha value is -0.700. The second-order valence-corrected chi connectivity index (χ2v) is 3.54. The molecule has 0 aromatic carbocycles. The quantitative estimate of drug-likeness (QED) is 0.397. The van der Waals surface area contributed by atoms with Crippen LogP contribution in [0.15, 0.2) is 22.8 Å². The molecule has 3 heteroatoms. The molecule has 0 unspecified atom stereocenters. The van der Waals surface area contributed by atoms with Crippen molar-refractivity contribution in [1.29, 1.82) is 0 Å². The van der Waals surface area contributed by atoms with E-state index in [9.17, 15) is 0 Å². The highest BCUT2D eigenvalue weighted by Crippen LogP contribution is 2.30. The molecule has 0 aliphatic heterocycles. The molecular formula is C11H20N2S. The Balaban J connectivity index is 0.000000791. The maximum atomic E-state index is 4.28. The van der Waals surface area contributed by atoms with Gasteiger partial charge in [-0.3, -0.25) is 4.68 Å². The third-order valence-electron chi connectivity index (χ3n) is 1.58. The van der Waals surface area contributed by atoms with Crippen molar-refractivity contribution in [2.75, 3.05) is 13.3 Å². The van der Waals surface area contributed by atoms with Gasteiger partial charge in [-0.1, -0.05) is 31.7 Å². The molecule has 0 aromatic heterocycles. The predicted octanol–water partition coefficient (Wildman–Crippen LogP) is 3.57. The van der Waals surface area contributed by atoms with Crippen molar-refractivity contribution in [2.45, 2.75) is 26.7 Å². The van der Waals surface area contributed by atoms with Crippen molar-refractivity contribution in [1.82, 2.24) is 0 Å². The molecule has 0 aromatic rings. The molecule has 0 heterocycles. The second-order valence-electron chi connectivity index (χ2n) is 2.70. The molecule has 0 atom stereocenters. The minimum Gasteiger partial charge on any atom is -0.411 e. The van der Waals surface area contributed by atoms with Crippen LogP contribution in [0.2, 0.25) is 0 Å². The van der Waals surface area contributed by atoms with E-state index in [0.717, 1.165) is 18.5 Å². The monoisotopic (exact) mass is 212 g/mol. The van der Waals surface area contributed by atoms with E-state index in [0.29, 0.717) is 0 Å². The molecule has 14 heavy (non-hydrogen) atoms. The predicted molar refractivity (Wildman–Crippen MR) is 66.9 cm³/mol. The molecule has 0 bridgehead atoms. The third kappa shape index (κ3) is 4.51. The summed E-state index contributed by atoms with van der Waals surface area (Å²) in [4.78, 5) is 1.26. The average molecular weight is 212 g/mol. The van der Waals surface area contributed by atoms with Crippen LogP contribution in [0.3, 0.4) is 0 Å². The van der Waals surface area contributed by atoms with Gasteiger partial charge in [0.1, 0.15) is 13.8 Å². The molecule has 1 aliphatic carbocycles. The molecule has 0 fully saturated rings. The van der Waals surface area contributed by atoms with Crippen LogP contribution >= 0.6 is 11.8 Å². The van der Waals surface area contributed by atoms with E-state index >= 15 is 0 Å². The molecule has 2 nitrogen and oxygen atoms in total. The van der Waals surface area contributed by atoms with Crippen LogP contribution in [0.1, 0.15) is 26.7 Å². The Morgan fingerprint density at radius 2 is 1.93 bits per heavy atom. The number of hydrogen-bond acceptors (Lipinski definition) is 1. The van der Waals surface area contributed by atoms with Crippen molar-refractivity contribution in [3.05, 3.63) is 28.2 Å². The summed E-state index contributed by atoms with van der Waals surface area (Å²) in [5.41, 5.74) is 5.34. The first-order chi connectivity index (χ1) is 6.74. The standard InChI is InChI=1S/C9H14N2S.C2H6/c1-11(2)10-8-6-4-5-7-9(8)12-3;1-2/h6-7H,1,4-5H2,2-3H3;1-2H3. The van der Waals surface area contributed by atoms with Gasteiger partial charge in [-0.25, -0.2) is 0 Å². The molecule has 0 saturated carbocycles. The van der Waals surface area contributed by atoms with Crippen molar-refractivity contribution in [3.63, 3.8) is 0 Å². The third-order valence-corrected chi connectivity index (χ3v) is 2.40. The zero-order valence-corrected chi connectivity index (χ0v) is 10.4. The SMILES string of the molecule is C=[N+](C)[N-]C1=CCCC=C1SC.CC. The smallest absolute Gasteiger partial charge is 0.127 e. The van der Waals surface area contributed by atoms with E-state index in [2.05, 4.69) is 30.6 Å². The summed E-state index contributed by atoms with van der Waals surface area (Å²) >= 11 is 1.74. The van der Waals surface area contributed by atoms with Gasteiger partial charge in [0.05, 0.1) is 0 Å². The highest BCUT2D eigenvalue weighted by atomic mass is 32.2. The molecule has 0 radical (unpaired) electrons. The van der Waals surface area contributed by atoms with E-state index in [4.69, 9.17) is 0 Å². The van der Waals surface area contributed by atoms with Crippen LogP contribution in [0.5, 0.6) is 0 Å². The first-order valence-corrected chi connectivity index (χ1v) is 6.17.